The summed E-state index contributed by atoms with van der Waals surface area (Å²) in [5, 5.41) is 5.19. The second kappa shape index (κ2) is 4.55. The molecule has 0 aromatic heterocycles. The van der Waals surface area contributed by atoms with Crippen LogP contribution < -0.4 is 5.14 Å². The van der Waals surface area contributed by atoms with E-state index < -0.39 is 20.0 Å². The summed E-state index contributed by atoms with van der Waals surface area (Å²) in [4.78, 5) is 0.0880. The Morgan fingerprint density at radius 2 is 1.89 bits per heavy atom. The lowest BCUT2D eigenvalue weighted by Gasteiger charge is -2.33. The number of fused-ring (bicyclic) bond motifs is 1. The number of rotatable bonds is 2. The van der Waals surface area contributed by atoms with Gasteiger partial charge in [-0.15, -0.1) is 0 Å². The molecule has 1 aromatic carbocycles. The Morgan fingerprint density at radius 1 is 1.26 bits per heavy atom. The normalized spacial score (nSPS) is 21.1. The number of benzene rings is 1. The van der Waals surface area contributed by atoms with Crippen LogP contribution in [0.3, 0.4) is 0 Å². The van der Waals surface area contributed by atoms with Gasteiger partial charge in [0.05, 0.1) is 11.2 Å². The summed E-state index contributed by atoms with van der Waals surface area (Å²) < 4.78 is 47.8. The van der Waals surface area contributed by atoms with Crippen LogP contribution in [0.25, 0.3) is 0 Å². The van der Waals surface area contributed by atoms with Crippen LogP contribution >= 0.6 is 0 Å². The van der Waals surface area contributed by atoms with Crippen LogP contribution in [0.1, 0.15) is 24.1 Å². The zero-order valence-corrected chi connectivity index (χ0v) is 12.3. The molecule has 0 radical (unpaired) electrons. The molecule has 0 bridgehead atoms. The molecule has 1 atom stereocenters. The van der Waals surface area contributed by atoms with E-state index in [4.69, 9.17) is 5.14 Å². The summed E-state index contributed by atoms with van der Waals surface area (Å²) in [5.74, 6) is 0. The van der Waals surface area contributed by atoms with Crippen molar-refractivity contribution in [2.24, 2.45) is 5.14 Å². The molecule has 2 rings (SSSR count). The van der Waals surface area contributed by atoms with E-state index in [2.05, 4.69) is 0 Å². The molecule has 2 N–H and O–H groups in total. The monoisotopic (exact) mass is 304 g/mol. The van der Waals surface area contributed by atoms with E-state index in [9.17, 15) is 16.8 Å². The SMILES string of the molecule is CC1c2cccc(S(N)(=O)=O)c2CCN1S(C)(=O)=O. The van der Waals surface area contributed by atoms with Crippen molar-refractivity contribution in [3.8, 4) is 0 Å². The van der Waals surface area contributed by atoms with Gasteiger partial charge in [-0.25, -0.2) is 22.0 Å². The molecule has 1 aliphatic heterocycles. The van der Waals surface area contributed by atoms with Gasteiger partial charge in [-0.05, 0) is 30.5 Å². The molecule has 0 spiro atoms. The lowest BCUT2D eigenvalue weighted by atomic mass is 9.95. The third-order valence-corrected chi connectivity index (χ3v) is 5.71. The van der Waals surface area contributed by atoms with Gasteiger partial charge in [-0.2, -0.15) is 4.31 Å². The first-order valence-corrected chi connectivity index (χ1v) is 9.13. The summed E-state index contributed by atoms with van der Waals surface area (Å²) in [5.41, 5.74) is 1.32. The average Bonchev–Trinajstić information content (AvgIpc) is 2.26. The van der Waals surface area contributed by atoms with E-state index in [0.717, 1.165) is 6.26 Å². The first kappa shape index (κ1) is 14.4. The summed E-state index contributed by atoms with van der Waals surface area (Å²) in [6.45, 7) is 2.01. The molecule has 1 aromatic rings. The zero-order chi connectivity index (χ0) is 14.4. The molecule has 19 heavy (non-hydrogen) atoms. The number of hydrogen-bond acceptors (Lipinski definition) is 4. The summed E-state index contributed by atoms with van der Waals surface area (Å²) in [7, 11) is -7.10. The molecule has 0 saturated heterocycles. The van der Waals surface area contributed by atoms with Crippen LogP contribution in [0, 0.1) is 0 Å². The van der Waals surface area contributed by atoms with E-state index in [0.29, 0.717) is 17.5 Å². The van der Waals surface area contributed by atoms with Crippen molar-refractivity contribution >= 4 is 20.0 Å². The van der Waals surface area contributed by atoms with Gasteiger partial charge in [0.15, 0.2) is 0 Å². The molecule has 8 heteroatoms. The molecule has 0 amide bonds. The largest absolute Gasteiger partial charge is 0.238 e. The van der Waals surface area contributed by atoms with Crippen LogP contribution in [0.2, 0.25) is 0 Å². The van der Waals surface area contributed by atoms with Crippen molar-refractivity contribution in [2.45, 2.75) is 24.3 Å². The molecular formula is C11H16N2O4S2. The van der Waals surface area contributed by atoms with Crippen molar-refractivity contribution in [3.63, 3.8) is 0 Å². The minimum Gasteiger partial charge on any atom is -0.225 e. The molecule has 0 fully saturated rings. The second-order valence-electron chi connectivity index (χ2n) is 4.67. The van der Waals surface area contributed by atoms with Gasteiger partial charge in [0.1, 0.15) is 0 Å². The first-order chi connectivity index (χ1) is 8.62. The molecule has 0 aliphatic carbocycles. The molecule has 1 heterocycles. The third-order valence-electron chi connectivity index (χ3n) is 3.37. The van der Waals surface area contributed by atoms with Gasteiger partial charge in [-0.3, -0.25) is 0 Å². The maximum absolute atomic E-state index is 11.7. The number of hydrogen-bond donors (Lipinski definition) is 1. The van der Waals surface area contributed by atoms with Crippen molar-refractivity contribution in [1.29, 1.82) is 0 Å². The fourth-order valence-corrected chi connectivity index (χ4v) is 4.47. The minimum atomic E-state index is -3.79. The van der Waals surface area contributed by atoms with Gasteiger partial charge in [0.25, 0.3) is 0 Å². The topological polar surface area (TPSA) is 97.5 Å². The molecule has 106 valence electrons. The molecule has 1 unspecified atom stereocenters. The fourth-order valence-electron chi connectivity index (χ4n) is 2.53. The Labute approximate surface area is 113 Å². The number of nitrogens with two attached hydrogens (primary N) is 1. The zero-order valence-electron chi connectivity index (χ0n) is 10.7. The van der Waals surface area contributed by atoms with Crippen LogP contribution in [0.4, 0.5) is 0 Å². The van der Waals surface area contributed by atoms with Crippen molar-refractivity contribution in [1.82, 2.24) is 4.31 Å². The standard InChI is InChI=1S/C11H16N2O4S2/c1-8-9-4-3-5-11(19(12,16)17)10(9)6-7-13(8)18(2,14)15/h3-5,8H,6-7H2,1-2H3,(H2,12,16,17). The summed E-state index contributed by atoms with van der Waals surface area (Å²) in [6, 6.07) is 4.39. The highest BCUT2D eigenvalue weighted by Gasteiger charge is 2.32. The van der Waals surface area contributed by atoms with Crippen LogP contribution in [-0.2, 0) is 26.5 Å². The Kier molecular flexibility index (Phi) is 3.46. The van der Waals surface area contributed by atoms with E-state index in [1.54, 1.807) is 19.1 Å². The van der Waals surface area contributed by atoms with E-state index in [1.807, 2.05) is 0 Å². The smallest absolute Gasteiger partial charge is 0.225 e. The third kappa shape index (κ3) is 2.66. The van der Waals surface area contributed by atoms with Crippen LogP contribution in [0.15, 0.2) is 23.1 Å². The Morgan fingerprint density at radius 3 is 2.42 bits per heavy atom. The molecule has 0 saturated carbocycles. The van der Waals surface area contributed by atoms with Gasteiger partial charge < -0.3 is 0 Å². The second-order valence-corrected chi connectivity index (χ2v) is 8.13. The highest BCUT2D eigenvalue weighted by atomic mass is 32.2. The van der Waals surface area contributed by atoms with Gasteiger partial charge >= 0.3 is 0 Å². The first-order valence-electron chi connectivity index (χ1n) is 5.74. The predicted molar refractivity (Wildman–Crippen MR) is 71.5 cm³/mol. The van der Waals surface area contributed by atoms with Gasteiger partial charge in [0, 0.05) is 12.6 Å². The Balaban J connectivity index is 2.59. The summed E-state index contributed by atoms with van der Waals surface area (Å²) in [6.07, 6.45) is 1.50. The maximum atomic E-state index is 11.7. The predicted octanol–water partition coefficient (Wildman–Crippen LogP) is 0.213. The number of sulfonamides is 2. The molecular weight excluding hydrogens is 288 g/mol. The minimum absolute atomic E-state index is 0.0880. The Hall–Kier alpha value is -0.960. The van der Waals surface area contributed by atoms with Crippen molar-refractivity contribution < 1.29 is 16.8 Å². The summed E-state index contributed by atoms with van der Waals surface area (Å²) >= 11 is 0. The highest BCUT2D eigenvalue weighted by Crippen LogP contribution is 2.33. The van der Waals surface area contributed by atoms with Crippen LogP contribution in [0.5, 0.6) is 0 Å². The quantitative estimate of drug-likeness (QED) is 0.844. The van der Waals surface area contributed by atoms with E-state index in [-0.39, 0.29) is 17.5 Å². The number of primary sulfonamides is 1. The van der Waals surface area contributed by atoms with E-state index in [1.165, 1.54) is 10.4 Å². The lowest BCUT2D eigenvalue weighted by Crippen LogP contribution is -2.38. The average molecular weight is 304 g/mol. The van der Waals surface area contributed by atoms with Crippen molar-refractivity contribution in [3.05, 3.63) is 29.3 Å². The lowest BCUT2D eigenvalue weighted by molar-refractivity contribution is 0.327. The number of nitrogens with zero attached hydrogens (tertiary/aromatic N) is 1. The van der Waals surface area contributed by atoms with Gasteiger partial charge in [-0.1, -0.05) is 12.1 Å². The van der Waals surface area contributed by atoms with Crippen molar-refractivity contribution in [2.75, 3.05) is 12.8 Å². The van der Waals surface area contributed by atoms with E-state index >= 15 is 0 Å². The molecule has 1 aliphatic rings. The fraction of sp³-hybridized carbons (Fsp3) is 0.455. The Bertz CT molecular complexity index is 710. The van der Waals surface area contributed by atoms with Crippen LogP contribution in [-0.4, -0.2) is 33.9 Å². The molecule has 6 nitrogen and oxygen atoms in total. The van der Waals surface area contributed by atoms with Gasteiger partial charge in [0.2, 0.25) is 20.0 Å². The highest BCUT2D eigenvalue weighted by molar-refractivity contribution is 7.89. The maximum Gasteiger partial charge on any atom is 0.238 e.